The normalized spacial score (nSPS) is 18.5. The van der Waals surface area contributed by atoms with Gasteiger partial charge in [-0.25, -0.2) is 4.79 Å². The zero-order valence-electron chi connectivity index (χ0n) is 7.47. The molecule has 0 amide bonds. The second-order valence-electron chi connectivity index (χ2n) is 3.05. The van der Waals surface area contributed by atoms with Crippen molar-refractivity contribution in [2.75, 3.05) is 5.33 Å². The summed E-state index contributed by atoms with van der Waals surface area (Å²) in [5.41, 5.74) is 0.457. The summed E-state index contributed by atoms with van der Waals surface area (Å²) in [6.45, 7) is 0. The molecular weight excluding hydrogens is 266 g/mol. The molecule has 1 aliphatic rings. The second-order valence-corrected chi connectivity index (χ2v) is 3.69. The van der Waals surface area contributed by atoms with Crippen LogP contribution in [0.2, 0.25) is 0 Å². The van der Waals surface area contributed by atoms with E-state index < -0.39 is 17.0 Å². The highest BCUT2D eigenvalue weighted by Gasteiger charge is 2.36. The molecular formula is C9H6BrNO4. The fraction of sp³-hybridized carbons (Fsp3) is 0.222. The summed E-state index contributed by atoms with van der Waals surface area (Å²) in [5.74, 6) is -0.623. The number of nitrogens with zero attached hydrogens (tertiary/aromatic N) is 1. The molecule has 0 bridgehead atoms. The Balaban J connectivity index is 2.61. The van der Waals surface area contributed by atoms with E-state index in [-0.39, 0.29) is 11.3 Å². The first-order valence-corrected chi connectivity index (χ1v) is 5.31. The van der Waals surface area contributed by atoms with Gasteiger partial charge in [-0.05, 0) is 0 Å². The van der Waals surface area contributed by atoms with Crippen molar-refractivity contribution in [2.45, 2.75) is 6.10 Å². The van der Waals surface area contributed by atoms with Crippen molar-refractivity contribution in [1.29, 1.82) is 0 Å². The predicted molar refractivity (Wildman–Crippen MR) is 55.0 cm³/mol. The summed E-state index contributed by atoms with van der Waals surface area (Å²) in [5, 5.41) is 11.1. The Bertz CT molecular complexity index is 446. The molecule has 1 aliphatic heterocycles. The number of hydrogen-bond acceptors (Lipinski definition) is 4. The van der Waals surface area contributed by atoms with Gasteiger partial charge in [-0.3, -0.25) is 10.1 Å². The molecule has 0 fully saturated rings. The Morgan fingerprint density at radius 2 is 2.27 bits per heavy atom. The summed E-state index contributed by atoms with van der Waals surface area (Å²) in [6.07, 6.45) is -0.424. The minimum Gasteiger partial charge on any atom is -0.453 e. The Hall–Kier alpha value is -1.43. The highest BCUT2D eigenvalue weighted by atomic mass is 79.9. The maximum atomic E-state index is 11.4. The van der Waals surface area contributed by atoms with E-state index in [2.05, 4.69) is 15.9 Å². The number of esters is 1. The van der Waals surface area contributed by atoms with E-state index in [0.717, 1.165) is 0 Å². The number of nitro groups is 1. The summed E-state index contributed by atoms with van der Waals surface area (Å²) in [6, 6.07) is 4.52. The van der Waals surface area contributed by atoms with E-state index in [1.165, 1.54) is 6.07 Å². The van der Waals surface area contributed by atoms with Crippen LogP contribution < -0.4 is 0 Å². The molecule has 0 aliphatic carbocycles. The first kappa shape index (κ1) is 10.1. The molecule has 0 saturated carbocycles. The Morgan fingerprint density at radius 1 is 1.53 bits per heavy atom. The van der Waals surface area contributed by atoms with Gasteiger partial charge in [0.25, 0.3) is 5.69 Å². The third kappa shape index (κ3) is 1.50. The number of carbonyl (C=O) groups is 1. The highest BCUT2D eigenvalue weighted by molar-refractivity contribution is 9.09. The predicted octanol–water partition coefficient (Wildman–Crippen LogP) is 2.20. The van der Waals surface area contributed by atoms with Crippen LogP contribution in [0.25, 0.3) is 0 Å². The molecule has 0 saturated heterocycles. The molecule has 0 aromatic heterocycles. The third-order valence-electron chi connectivity index (χ3n) is 2.21. The zero-order chi connectivity index (χ0) is 11.0. The molecule has 1 atom stereocenters. The molecule has 6 heteroatoms. The topological polar surface area (TPSA) is 69.4 Å². The Labute approximate surface area is 93.3 Å². The highest BCUT2D eigenvalue weighted by Crippen LogP contribution is 2.36. The molecule has 2 rings (SSSR count). The quantitative estimate of drug-likeness (QED) is 0.358. The van der Waals surface area contributed by atoms with E-state index in [1.54, 1.807) is 12.1 Å². The summed E-state index contributed by atoms with van der Waals surface area (Å²) in [4.78, 5) is 21.5. The fourth-order valence-corrected chi connectivity index (χ4v) is 2.05. The van der Waals surface area contributed by atoms with E-state index in [1.807, 2.05) is 0 Å². The SMILES string of the molecule is O=C1OC(CBr)c2cccc([N+](=O)[O-])c21. The minimum atomic E-state index is -0.623. The molecule has 15 heavy (non-hydrogen) atoms. The monoisotopic (exact) mass is 271 g/mol. The number of rotatable bonds is 2. The number of fused-ring (bicyclic) bond motifs is 1. The molecule has 1 unspecified atom stereocenters. The number of hydrogen-bond donors (Lipinski definition) is 0. The lowest BCUT2D eigenvalue weighted by Crippen LogP contribution is -2.00. The zero-order valence-corrected chi connectivity index (χ0v) is 9.06. The molecule has 0 spiro atoms. The largest absolute Gasteiger partial charge is 0.453 e. The fourth-order valence-electron chi connectivity index (χ4n) is 1.57. The van der Waals surface area contributed by atoms with Gasteiger partial charge in [0.2, 0.25) is 0 Å². The summed E-state index contributed by atoms with van der Waals surface area (Å²) in [7, 11) is 0. The number of carbonyl (C=O) groups excluding carboxylic acids is 1. The summed E-state index contributed by atoms with van der Waals surface area (Å²) < 4.78 is 4.98. The molecule has 1 heterocycles. The average molecular weight is 272 g/mol. The van der Waals surface area contributed by atoms with Crippen molar-refractivity contribution in [3.63, 3.8) is 0 Å². The molecule has 1 aromatic carbocycles. The van der Waals surface area contributed by atoms with Crippen LogP contribution in [0.15, 0.2) is 18.2 Å². The van der Waals surface area contributed by atoms with Crippen LogP contribution in [0.4, 0.5) is 5.69 Å². The third-order valence-corrected chi connectivity index (χ3v) is 2.80. The lowest BCUT2D eigenvalue weighted by atomic mass is 10.0. The van der Waals surface area contributed by atoms with Gasteiger partial charge in [0, 0.05) is 17.0 Å². The van der Waals surface area contributed by atoms with Gasteiger partial charge in [0.1, 0.15) is 11.7 Å². The number of alkyl halides is 1. The van der Waals surface area contributed by atoms with Crippen LogP contribution in [-0.4, -0.2) is 16.2 Å². The van der Waals surface area contributed by atoms with Crippen LogP contribution in [0, 0.1) is 10.1 Å². The van der Waals surface area contributed by atoms with Gasteiger partial charge in [-0.1, -0.05) is 28.1 Å². The molecule has 5 nitrogen and oxygen atoms in total. The van der Waals surface area contributed by atoms with E-state index in [9.17, 15) is 14.9 Å². The maximum absolute atomic E-state index is 11.4. The van der Waals surface area contributed by atoms with Crippen molar-refractivity contribution in [3.05, 3.63) is 39.4 Å². The van der Waals surface area contributed by atoms with Crippen molar-refractivity contribution >= 4 is 27.6 Å². The van der Waals surface area contributed by atoms with E-state index >= 15 is 0 Å². The molecule has 0 N–H and O–H groups in total. The molecule has 1 aromatic rings. The van der Waals surface area contributed by atoms with E-state index in [0.29, 0.717) is 10.9 Å². The van der Waals surface area contributed by atoms with Gasteiger partial charge < -0.3 is 4.74 Å². The number of ether oxygens (including phenoxy) is 1. The number of cyclic esters (lactones) is 1. The molecule has 0 radical (unpaired) electrons. The van der Waals surface area contributed by atoms with E-state index in [4.69, 9.17) is 4.74 Å². The number of benzene rings is 1. The standard InChI is InChI=1S/C9H6BrNO4/c10-4-7-5-2-1-3-6(11(13)14)8(5)9(12)15-7/h1-3,7H,4H2. The van der Waals surface area contributed by atoms with Gasteiger partial charge in [-0.15, -0.1) is 0 Å². The van der Waals surface area contributed by atoms with Crippen LogP contribution in [0.1, 0.15) is 22.0 Å². The van der Waals surface area contributed by atoms with Crippen LogP contribution in [-0.2, 0) is 4.74 Å². The van der Waals surface area contributed by atoms with Gasteiger partial charge in [-0.2, -0.15) is 0 Å². The first-order valence-electron chi connectivity index (χ1n) is 4.19. The minimum absolute atomic E-state index is 0.0759. The second kappa shape index (κ2) is 3.62. The first-order chi connectivity index (χ1) is 7.15. The van der Waals surface area contributed by atoms with Crippen molar-refractivity contribution in [1.82, 2.24) is 0 Å². The average Bonchev–Trinajstić information content (AvgIpc) is 2.55. The lowest BCUT2D eigenvalue weighted by molar-refractivity contribution is -0.385. The molecule has 78 valence electrons. The summed E-state index contributed by atoms with van der Waals surface area (Å²) >= 11 is 3.19. The maximum Gasteiger partial charge on any atom is 0.346 e. The smallest absolute Gasteiger partial charge is 0.346 e. The van der Waals surface area contributed by atoms with Crippen molar-refractivity contribution in [2.24, 2.45) is 0 Å². The van der Waals surface area contributed by atoms with Gasteiger partial charge in [0.15, 0.2) is 0 Å². The van der Waals surface area contributed by atoms with Gasteiger partial charge >= 0.3 is 5.97 Å². The van der Waals surface area contributed by atoms with Crippen LogP contribution >= 0.6 is 15.9 Å². The Kier molecular flexibility index (Phi) is 2.44. The Morgan fingerprint density at radius 3 is 2.87 bits per heavy atom. The number of halogens is 1. The van der Waals surface area contributed by atoms with Crippen LogP contribution in [0.3, 0.4) is 0 Å². The number of nitro benzene ring substituents is 1. The van der Waals surface area contributed by atoms with Gasteiger partial charge in [0.05, 0.1) is 4.92 Å². The van der Waals surface area contributed by atoms with Crippen molar-refractivity contribution in [3.8, 4) is 0 Å². The van der Waals surface area contributed by atoms with Crippen LogP contribution in [0.5, 0.6) is 0 Å². The lowest BCUT2D eigenvalue weighted by Gasteiger charge is -2.04. The van der Waals surface area contributed by atoms with Crippen molar-refractivity contribution < 1.29 is 14.5 Å².